The molecule has 3 atom stereocenters. The van der Waals surface area contributed by atoms with Gasteiger partial charge in [-0.25, -0.2) is 4.57 Å². The van der Waals surface area contributed by atoms with Gasteiger partial charge in [0.15, 0.2) is 0 Å². The Balaban J connectivity index is 4.18. The number of phosphoric ester groups is 1. The second-order valence-corrected chi connectivity index (χ2v) is 21.4. The lowest BCUT2D eigenvalue weighted by molar-refractivity contribution is -0.870. The summed E-state index contributed by atoms with van der Waals surface area (Å²) in [5.41, 5.74) is 0. The number of nitrogens with zero attached hydrogens (tertiary/aromatic N) is 1. The Hall–Kier alpha value is -1.02. The predicted octanol–water partition coefficient (Wildman–Crippen LogP) is 16.0. The smallest absolute Gasteiger partial charge is 0.387 e. The molecular weight excluding hydrogens is 804 g/mol. The van der Waals surface area contributed by atoms with Gasteiger partial charge in [-0.1, -0.05) is 237 Å². The third-order valence-electron chi connectivity index (χ3n) is 12.4. The van der Waals surface area contributed by atoms with Gasteiger partial charge in [0.05, 0.1) is 39.9 Å². The standard InChI is InChI=1S/C54H107N2O6P/c1-6-8-10-12-14-16-18-20-22-23-24-25-26-27-28-29-30-31-32-34-36-38-40-42-44-46-48-54(58)55-52(51-62-63(59,60)61-50-49-56(3,4)5)53(57)47-45-43-41-39-37-35-33-21-19-17-15-13-11-9-7-2/h27-28,45,47,52-53,57H,6-26,29-44,46,48-51H2,1-5H3,(H-,55,58,59,60)/p+1/b28-27-,47-45+. The summed E-state index contributed by atoms with van der Waals surface area (Å²) in [5.74, 6) is -0.176. The summed E-state index contributed by atoms with van der Waals surface area (Å²) in [6.45, 7) is 4.84. The van der Waals surface area contributed by atoms with Crippen LogP contribution in [-0.4, -0.2) is 73.4 Å². The Labute approximate surface area is 392 Å². The molecule has 1 amide bonds. The van der Waals surface area contributed by atoms with Crippen LogP contribution in [0.15, 0.2) is 24.3 Å². The molecule has 374 valence electrons. The summed E-state index contributed by atoms with van der Waals surface area (Å²) in [6.07, 6.45) is 57.0. The van der Waals surface area contributed by atoms with E-state index in [9.17, 15) is 19.4 Å². The van der Waals surface area contributed by atoms with Gasteiger partial charge in [0.1, 0.15) is 13.2 Å². The molecule has 0 spiro atoms. The van der Waals surface area contributed by atoms with Crippen molar-refractivity contribution in [2.24, 2.45) is 0 Å². The minimum Gasteiger partial charge on any atom is -0.387 e. The maximum absolute atomic E-state index is 12.9. The van der Waals surface area contributed by atoms with Crippen molar-refractivity contribution in [2.75, 3.05) is 40.9 Å². The Morgan fingerprint density at radius 1 is 0.524 bits per heavy atom. The highest BCUT2D eigenvalue weighted by molar-refractivity contribution is 7.47. The number of aliphatic hydroxyl groups excluding tert-OH is 1. The zero-order valence-corrected chi connectivity index (χ0v) is 43.5. The van der Waals surface area contributed by atoms with Crippen LogP contribution in [-0.2, 0) is 18.4 Å². The van der Waals surface area contributed by atoms with E-state index >= 15 is 0 Å². The van der Waals surface area contributed by atoms with Gasteiger partial charge < -0.3 is 19.8 Å². The zero-order valence-electron chi connectivity index (χ0n) is 42.6. The number of aliphatic hydroxyl groups is 1. The first kappa shape index (κ1) is 62.0. The number of quaternary nitrogens is 1. The van der Waals surface area contributed by atoms with E-state index < -0.39 is 20.0 Å². The molecule has 0 heterocycles. The highest BCUT2D eigenvalue weighted by Crippen LogP contribution is 2.43. The first-order chi connectivity index (χ1) is 30.5. The second-order valence-electron chi connectivity index (χ2n) is 20.0. The highest BCUT2D eigenvalue weighted by Gasteiger charge is 2.27. The highest BCUT2D eigenvalue weighted by atomic mass is 31.2. The van der Waals surface area contributed by atoms with E-state index in [0.717, 1.165) is 38.5 Å². The molecule has 0 aromatic carbocycles. The van der Waals surface area contributed by atoms with E-state index in [-0.39, 0.29) is 19.1 Å². The second kappa shape index (κ2) is 46.1. The summed E-state index contributed by atoms with van der Waals surface area (Å²) in [7, 11) is 1.58. The largest absolute Gasteiger partial charge is 0.472 e. The number of phosphoric acid groups is 1. The molecule has 0 radical (unpaired) electrons. The van der Waals surface area contributed by atoms with Gasteiger partial charge in [0.25, 0.3) is 0 Å². The van der Waals surface area contributed by atoms with Gasteiger partial charge in [0.2, 0.25) is 5.91 Å². The van der Waals surface area contributed by atoms with Gasteiger partial charge in [0, 0.05) is 6.42 Å². The average molecular weight is 912 g/mol. The molecule has 0 bridgehead atoms. The quantitative estimate of drug-likeness (QED) is 0.0243. The Bertz CT molecular complexity index is 1080. The Morgan fingerprint density at radius 2 is 0.857 bits per heavy atom. The van der Waals surface area contributed by atoms with Crippen LogP contribution in [0.2, 0.25) is 0 Å². The predicted molar refractivity (Wildman–Crippen MR) is 272 cm³/mol. The van der Waals surface area contributed by atoms with Crippen molar-refractivity contribution >= 4 is 13.7 Å². The fourth-order valence-electron chi connectivity index (χ4n) is 8.10. The zero-order chi connectivity index (χ0) is 46.4. The van der Waals surface area contributed by atoms with Crippen LogP contribution < -0.4 is 5.32 Å². The summed E-state index contributed by atoms with van der Waals surface area (Å²) >= 11 is 0. The van der Waals surface area contributed by atoms with Gasteiger partial charge in [-0.2, -0.15) is 0 Å². The molecule has 0 aromatic heterocycles. The molecule has 0 aliphatic rings. The molecular formula is C54H108N2O6P+. The van der Waals surface area contributed by atoms with Crippen molar-refractivity contribution in [2.45, 2.75) is 276 Å². The molecule has 8 nitrogen and oxygen atoms in total. The van der Waals surface area contributed by atoms with Crippen molar-refractivity contribution in [3.05, 3.63) is 24.3 Å². The number of unbranched alkanes of at least 4 members (excludes halogenated alkanes) is 35. The van der Waals surface area contributed by atoms with Crippen molar-refractivity contribution < 1.29 is 32.9 Å². The fraction of sp³-hybridized carbons (Fsp3) is 0.907. The van der Waals surface area contributed by atoms with Crippen LogP contribution in [0.1, 0.15) is 264 Å². The molecule has 3 unspecified atom stereocenters. The van der Waals surface area contributed by atoms with Gasteiger partial charge >= 0.3 is 7.82 Å². The number of rotatable bonds is 50. The normalized spacial score (nSPS) is 14.2. The number of carbonyl (C=O) groups is 1. The lowest BCUT2D eigenvalue weighted by atomic mass is 10.0. The molecule has 0 aliphatic heterocycles. The third-order valence-corrected chi connectivity index (χ3v) is 13.4. The third kappa shape index (κ3) is 48.7. The monoisotopic (exact) mass is 912 g/mol. The lowest BCUT2D eigenvalue weighted by Gasteiger charge is -2.25. The van der Waals surface area contributed by atoms with Crippen molar-refractivity contribution in [1.82, 2.24) is 5.32 Å². The first-order valence-electron chi connectivity index (χ1n) is 27.2. The van der Waals surface area contributed by atoms with Crippen molar-refractivity contribution in [3.63, 3.8) is 0 Å². The van der Waals surface area contributed by atoms with Crippen LogP contribution in [0.3, 0.4) is 0 Å². The molecule has 0 saturated carbocycles. The summed E-state index contributed by atoms with van der Waals surface area (Å²) in [5, 5.41) is 13.9. The SMILES string of the molecule is CCCCCCCCCCCCCC/C=C\CCCCCCCCCCCCC(=O)NC(COP(=O)(O)OCC[N+](C)(C)C)C(O)/C=C/CCCCCCCCCCCCCCC. The number of carbonyl (C=O) groups excluding carboxylic acids is 1. The lowest BCUT2D eigenvalue weighted by Crippen LogP contribution is -2.45. The number of nitrogens with one attached hydrogen (secondary N) is 1. The van der Waals surface area contributed by atoms with Crippen LogP contribution in [0, 0.1) is 0 Å². The van der Waals surface area contributed by atoms with Crippen LogP contribution >= 0.6 is 7.82 Å². The first-order valence-corrected chi connectivity index (χ1v) is 28.7. The minimum atomic E-state index is -4.34. The summed E-state index contributed by atoms with van der Waals surface area (Å²) in [4.78, 5) is 23.2. The maximum Gasteiger partial charge on any atom is 0.472 e. The topological polar surface area (TPSA) is 105 Å². The van der Waals surface area contributed by atoms with Crippen molar-refractivity contribution in [3.8, 4) is 0 Å². The van der Waals surface area contributed by atoms with E-state index in [2.05, 4.69) is 31.3 Å². The number of likely N-dealkylation sites (N-methyl/N-ethyl adjacent to an activating group) is 1. The molecule has 0 fully saturated rings. The molecule has 9 heteroatoms. The number of allylic oxidation sites excluding steroid dienone is 3. The minimum absolute atomic E-state index is 0.0628. The molecule has 0 aromatic rings. The van der Waals surface area contributed by atoms with E-state index in [1.807, 2.05) is 27.2 Å². The molecule has 0 aliphatic carbocycles. The van der Waals surface area contributed by atoms with Gasteiger partial charge in [-0.3, -0.25) is 13.8 Å². The molecule has 0 rings (SSSR count). The molecule has 3 N–H and O–H groups in total. The van der Waals surface area contributed by atoms with Gasteiger partial charge in [-0.15, -0.1) is 0 Å². The van der Waals surface area contributed by atoms with E-state index in [4.69, 9.17) is 9.05 Å². The Kier molecular flexibility index (Phi) is 45.4. The van der Waals surface area contributed by atoms with Crippen molar-refractivity contribution in [1.29, 1.82) is 0 Å². The maximum atomic E-state index is 12.9. The van der Waals surface area contributed by atoms with E-state index in [1.54, 1.807) is 6.08 Å². The van der Waals surface area contributed by atoms with Crippen LogP contribution in [0.25, 0.3) is 0 Å². The Morgan fingerprint density at radius 3 is 1.22 bits per heavy atom. The summed E-state index contributed by atoms with van der Waals surface area (Å²) < 4.78 is 23.7. The number of amides is 1. The van der Waals surface area contributed by atoms with Gasteiger partial charge in [-0.05, 0) is 44.9 Å². The van der Waals surface area contributed by atoms with Crippen LogP contribution in [0.4, 0.5) is 0 Å². The van der Waals surface area contributed by atoms with Crippen LogP contribution in [0.5, 0.6) is 0 Å². The molecule has 0 saturated heterocycles. The number of hydrogen-bond donors (Lipinski definition) is 3. The summed E-state index contributed by atoms with van der Waals surface area (Å²) in [6, 6.07) is -0.844. The molecule has 63 heavy (non-hydrogen) atoms. The van der Waals surface area contributed by atoms with E-state index in [1.165, 1.54) is 205 Å². The van der Waals surface area contributed by atoms with E-state index in [0.29, 0.717) is 17.4 Å². The average Bonchev–Trinajstić information content (AvgIpc) is 3.24. The fourth-order valence-corrected chi connectivity index (χ4v) is 8.83. The number of hydrogen-bond acceptors (Lipinski definition) is 5.